The number of rotatable bonds is 20. The lowest BCUT2D eigenvalue weighted by molar-refractivity contribution is -0.406. The van der Waals surface area contributed by atoms with E-state index < -0.39 is 5.97 Å². The highest BCUT2D eigenvalue weighted by Gasteiger charge is 2.41. The minimum atomic E-state index is -0.836. The minimum absolute atomic E-state index is 0.327. The molecule has 0 spiro atoms. The fraction of sp³-hybridized carbons (Fsp3) is 1.00. The van der Waals surface area contributed by atoms with Crippen LogP contribution in [0.3, 0.4) is 0 Å². The molecule has 0 aromatic rings. The van der Waals surface area contributed by atoms with Gasteiger partial charge >= 0.3 is 0 Å². The Morgan fingerprint density at radius 3 is 1.54 bits per heavy atom. The molecule has 0 radical (unpaired) electrons. The summed E-state index contributed by atoms with van der Waals surface area (Å²) in [5.41, 5.74) is 0. The molecule has 3 nitrogen and oxygen atoms in total. The van der Waals surface area contributed by atoms with E-state index in [4.69, 9.17) is 14.2 Å². The van der Waals surface area contributed by atoms with E-state index in [1.165, 1.54) is 49.4 Å². The normalized spacial score (nSPS) is 13.3. The first-order chi connectivity index (χ1) is 12.7. The summed E-state index contributed by atoms with van der Waals surface area (Å²) in [5.74, 6) is -0.509. The Hall–Kier alpha value is 0.610. The summed E-state index contributed by atoms with van der Waals surface area (Å²) in [6.45, 7) is 10.8. The van der Waals surface area contributed by atoms with Gasteiger partial charge in [0.15, 0.2) is 0 Å². The first-order valence-corrected chi connectivity index (χ1v) is 12.7. The third kappa shape index (κ3) is 12.1. The van der Waals surface area contributed by atoms with E-state index in [0.717, 1.165) is 32.1 Å². The van der Waals surface area contributed by atoms with Crippen molar-refractivity contribution in [1.82, 2.24) is 0 Å². The second kappa shape index (κ2) is 18.9. The van der Waals surface area contributed by atoms with Crippen LogP contribution in [-0.4, -0.2) is 30.2 Å². The van der Waals surface area contributed by atoms with E-state index in [-0.39, 0.29) is 0 Å². The highest BCUT2D eigenvalue weighted by molar-refractivity contribution is 14.1. The second-order valence-electron chi connectivity index (χ2n) is 7.23. The third-order valence-electron chi connectivity index (χ3n) is 4.61. The molecule has 1 unspecified atom stereocenters. The van der Waals surface area contributed by atoms with Gasteiger partial charge in [0.25, 0.3) is 5.97 Å². The topological polar surface area (TPSA) is 27.7 Å². The molecule has 0 amide bonds. The van der Waals surface area contributed by atoms with Crippen molar-refractivity contribution in [3.63, 3.8) is 0 Å². The first-order valence-electron chi connectivity index (χ1n) is 11.2. The van der Waals surface area contributed by atoms with Gasteiger partial charge in [0, 0.05) is 5.92 Å². The summed E-state index contributed by atoms with van der Waals surface area (Å²) in [5, 5.41) is 0. The Bertz CT molecular complexity index is 265. The van der Waals surface area contributed by atoms with Gasteiger partial charge in [-0.25, -0.2) is 0 Å². The Morgan fingerprint density at radius 2 is 1.08 bits per heavy atom. The number of hydrogen-bond donors (Lipinski definition) is 0. The molecule has 0 saturated heterocycles. The molecule has 0 aliphatic heterocycles. The summed E-state index contributed by atoms with van der Waals surface area (Å²) in [6, 6.07) is 0. The Morgan fingerprint density at radius 1 is 0.615 bits per heavy atom. The highest BCUT2D eigenvalue weighted by Crippen LogP contribution is 2.34. The molecule has 0 fully saturated rings. The van der Waals surface area contributed by atoms with Crippen LogP contribution in [0.4, 0.5) is 0 Å². The minimum Gasteiger partial charge on any atom is -0.327 e. The zero-order valence-corrected chi connectivity index (χ0v) is 20.2. The molecule has 0 N–H and O–H groups in total. The Labute approximate surface area is 177 Å². The van der Waals surface area contributed by atoms with Crippen LogP contribution in [0, 0.1) is 5.92 Å². The number of ether oxygens (including phenoxy) is 3. The van der Waals surface area contributed by atoms with Crippen LogP contribution in [0.5, 0.6) is 0 Å². The van der Waals surface area contributed by atoms with Crippen molar-refractivity contribution in [3.8, 4) is 0 Å². The van der Waals surface area contributed by atoms with Crippen LogP contribution in [0.25, 0.3) is 0 Å². The summed E-state index contributed by atoms with van der Waals surface area (Å²) < 4.78 is 20.0. The van der Waals surface area contributed by atoms with E-state index in [9.17, 15) is 0 Å². The van der Waals surface area contributed by atoms with Crippen molar-refractivity contribution in [1.29, 1.82) is 0 Å². The van der Waals surface area contributed by atoms with Crippen LogP contribution in [0.2, 0.25) is 0 Å². The van der Waals surface area contributed by atoms with Crippen molar-refractivity contribution < 1.29 is 14.2 Å². The molecule has 158 valence electrons. The quantitative estimate of drug-likeness (QED) is 0.0775. The maximum atomic E-state index is 6.29. The maximum Gasteiger partial charge on any atom is 0.285 e. The molecule has 26 heavy (non-hydrogen) atoms. The van der Waals surface area contributed by atoms with Gasteiger partial charge in [-0.1, -0.05) is 88.8 Å². The van der Waals surface area contributed by atoms with Gasteiger partial charge in [-0.05, 0) is 43.0 Å². The predicted octanol–water partition coefficient (Wildman–Crippen LogP) is 7.50. The summed E-state index contributed by atoms with van der Waals surface area (Å²) >= 11 is 2.47. The van der Waals surface area contributed by atoms with E-state index in [1.54, 1.807) is 0 Å². The largest absolute Gasteiger partial charge is 0.327 e. The van der Waals surface area contributed by atoms with Gasteiger partial charge in [0.1, 0.15) is 0 Å². The molecule has 1 atom stereocenters. The van der Waals surface area contributed by atoms with E-state index >= 15 is 0 Å². The SMILES string of the molecule is CCCCCCCCC(CCCI)C(OCCC)(OCCC)OCCC. The number of unbranched alkanes of at least 4 members (excludes halogenated alkanes) is 5. The Balaban J connectivity index is 4.98. The van der Waals surface area contributed by atoms with Crippen LogP contribution < -0.4 is 0 Å². The molecule has 0 saturated carbocycles. The molecular weight excluding hydrogens is 439 g/mol. The average Bonchev–Trinajstić information content (AvgIpc) is 2.67. The number of halogens is 1. The molecule has 0 aliphatic carbocycles. The van der Waals surface area contributed by atoms with E-state index in [1.807, 2.05) is 0 Å². The van der Waals surface area contributed by atoms with Gasteiger partial charge in [0.2, 0.25) is 0 Å². The number of hydrogen-bond acceptors (Lipinski definition) is 3. The van der Waals surface area contributed by atoms with Crippen LogP contribution in [0.1, 0.15) is 105 Å². The van der Waals surface area contributed by atoms with E-state index in [0.29, 0.717) is 25.7 Å². The average molecular weight is 485 g/mol. The predicted molar refractivity (Wildman–Crippen MR) is 121 cm³/mol. The smallest absolute Gasteiger partial charge is 0.285 e. The van der Waals surface area contributed by atoms with Crippen LogP contribution >= 0.6 is 22.6 Å². The fourth-order valence-corrected chi connectivity index (χ4v) is 3.64. The standard InChI is InChI=1S/C22H45IO3/c1-5-9-10-11-12-13-15-21(16-14-17-23)22(24-18-6-2,25-19-7-3)26-20-8-4/h21H,5-20H2,1-4H3. The summed E-state index contributed by atoms with van der Waals surface area (Å²) in [4.78, 5) is 0. The van der Waals surface area contributed by atoms with Crippen LogP contribution in [-0.2, 0) is 14.2 Å². The molecular formula is C22H45IO3. The van der Waals surface area contributed by atoms with Gasteiger partial charge in [-0.3, -0.25) is 0 Å². The molecule has 0 rings (SSSR count). The Kier molecular flexibility index (Phi) is 19.4. The summed E-state index contributed by atoms with van der Waals surface area (Å²) in [7, 11) is 0. The number of alkyl halides is 1. The van der Waals surface area contributed by atoms with Crippen molar-refractivity contribution in [3.05, 3.63) is 0 Å². The molecule has 0 heterocycles. The van der Waals surface area contributed by atoms with Crippen molar-refractivity contribution in [2.24, 2.45) is 5.92 Å². The molecule has 0 aliphatic rings. The lowest BCUT2D eigenvalue weighted by Gasteiger charge is -2.40. The fourth-order valence-electron chi connectivity index (χ4n) is 3.20. The van der Waals surface area contributed by atoms with E-state index in [2.05, 4.69) is 50.3 Å². The molecule has 0 aromatic heterocycles. The maximum absolute atomic E-state index is 6.29. The molecule has 4 heteroatoms. The van der Waals surface area contributed by atoms with Crippen LogP contribution in [0.15, 0.2) is 0 Å². The summed E-state index contributed by atoms with van der Waals surface area (Å²) in [6.07, 6.45) is 14.4. The molecule has 0 bridgehead atoms. The van der Waals surface area contributed by atoms with Gasteiger partial charge < -0.3 is 14.2 Å². The zero-order chi connectivity index (χ0) is 19.5. The monoisotopic (exact) mass is 484 g/mol. The van der Waals surface area contributed by atoms with Crippen molar-refractivity contribution in [2.45, 2.75) is 111 Å². The molecule has 0 aromatic carbocycles. The van der Waals surface area contributed by atoms with Gasteiger partial charge in [-0.2, -0.15) is 0 Å². The lowest BCUT2D eigenvalue weighted by Crippen LogP contribution is -2.47. The van der Waals surface area contributed by atoms with Gasteiger partial charge in [-0.15, -0.1) is 0 Å². The highest BCUT2D eigenvalue weighted by atomic mass is 127. The second-order valence-corrected chi connectivity index (χ2v) is 8.31. The van der Waals surface area contributed by atoms with Gasteiger partial charge in [0.05, 0.1) is 19.8 Å². The lowest BCUT2D eigenvalue weighted by atomic mass is 9.93. The third-order valence-corrected chi connectivity index (χ3v) is 5.38. The first kappa shape index (κ1) is 26.6. The van der Waals surface area contributed by atoms with Crippen molar-refractivity contribution >= 4 is 22.6 Å². The van der Waals surface area contributed by atoms with Crippen molar-refractivity contribution in [2.75, 3.05) is 24.2 Å². The zero-order valence-electron chi connectivity index (χ0n) is 18.0.